The molecule has 0 bridgehead atoms. The number of benzene rings is 2. The number of anilines is 1. The van der Waals surface area contributed by atoms with Crippen LogP contribution in [0.4, 0.5) is 10.5 Å². The van der Waals surface area contributed by atoms with Crippen LogP contribution >= 0.6 is 0 Å². The first kappa shape index (κ1) is 19.3. The molecule has 0 spiro atoms. The van der Waals surface area contributed by atoms with Gasteiger partial charge in [-0.3, -0.25) is 4.79 Å². The van der Waals surface area contributed by atoms with Crippen molar-refractivity contribution in [2.75, 3.05) is 31.1 Å². The van der Waals surface area contributed by atoms with Crippen LogP contribution in [0.25, 0.3) is 0 Å². The summed E-state index contributed by atoms with van der Waals surface area (Å²) in [6, 6.07) is 13.7. The Labute approximate surface area is 162 Å². The normalized spacial score (nSPS) is 15.1. The molecule has 0 aliphatic carbocycles. The first-order valence-corrected chi connectivity index (χ1v) is 9.00. The molecule has 1 saturated heterocycles. The van der Waals surface area contributed by atoms with Crippen molar-refractivity contribution in [2.24, 2.45) is 5.73 Å². The van der Waals surface area contributed by atoms with E-state index >= 15 is 0 Å². The number of aromatic hydroxyl groups is 2. The maximum absolute atomic E-state index is 12.7. The molecule has 4 N–H and O–H groups in total. The fourth-order valence-corrected chi connectivity index (χ4v) is 3.25. The monoisotopic (exact) mass is 385 g/mol. The van der Waals surface area contributed by atoms with E-state index in [2.05, 4.69) is 0 Å². The van der Waals surface area contributed by atoms with Gasteiger partial charge in [0.15, 0.2) is 11.5 Å². The van der Waals surface area contributed by atoms with Crippen molar-refractivity contribution in [1.82, 2.24) is 4.90 Å². The number of ether oxygens (including phenoxy) is 1. The Morgan fingerprint density at radius 2 is 1.68 bits per heavy atom. The number of primary amides is 1. The summed E-state index contributed by atoms with van der Waals surface area (Å²) in [5.41, 5.74) is 6.65. The van der Waals surface area contributed by atoms with Crippen molar-refractivity contribution < 1.29 is 24.5 Å². The van der Waals surface area contributed by atoms with Gasteiger partial charge in [0.25, 0.3) is 0 Å². The van der Waals surface area contributed by atoms with E-state index < -0.39 is 12.2 Å². The van der Waals surface area contributed by atoms with E-state index in [0.29, 0.717) is 31.7 Å². The smallest absolute Gasteiger partial charge is 0.405 e. The van der Waals surface area contributed by atoms with Gasteiger partial charge in [-0.2, -0.15) is 0 Å². The molecule has 0 saturated carbocycles. The minimum atomic E-state index is -0.918. The first-order valence-electron chi connectivity index (χ1n) is 9.00. The van der Waals surface area contributed by atoms with E-state index in [1.807, 2.05) is 23.1 Å². The third-order valence-corrected chi connectivity index (χ3v) is 4.75. The molecule has 8 heteroatoms. The molecular formula is C20H23N3O5. The second kappa shape index (κ2) is 8.51. The van der Waals surface area contributed by atoms with Crippen molar-refractivity contribution >= 4 is 17.7 Å². The van der Waals surface area contributed by atoms with Crippen LogP contribution in [0, 0.1) is 0 Å². The summed E-state index contributed by atoms with van der Waals surface area (Å²) in [5.74, 6) is -0.465. The van der Waals surface area contributed by atoms with Gasteiger partial charge in [-0.1, -0.05) is 30.3 Å². The van der Waals surface area contributed by atoms with Gasteiger partial charge in [-0.05, 0) is 17.7 Å². The van der Waals surface area contributed by atoms with Gasteiger partial charge in [0.05, 0.1) is 6.42 Å². The summed E-state index contributed by atoms with van der Waals surface area (Å²) < 4.78 is 5.14. The number of amides is 2. The Balaban J connectivity index is 1.60. The maximum Gasteiger partial charge on any atom is 0.405 e. The maximum atomic E-state index is 12.7. The van der Waals surface area contributed by atoms with E-state index in [1.165, 1.54) is 12.1 Å². The van der Waals surface area contributed by atoms with Crippen LogP contribution in [0.5, 0.6) is 11.5 Å². The lowest BCUT2D eigenvalue weighted by molar-refractivity contribution is -0.133. The van der Waals surface area contributed by atoms with E-state index in [9.17, 15) is 19.8 Å². The van der Waals surface area contributed by atoms with Crippen LogP contribution in [0.3, 0.4) is 0 Å². The topological polar surface area (TPSA) is 116 Å². The van der Waals surface area contributed by atoms with Gasteiger partial charge < -0.3 is 30.5 Å². The lowest BCUT2D eigenvalue weighted by atomic mass is 10.1. The summed E-state index contributed by atoms with van der Waals surface area (Å²) in [5, 5.41) is 19.1. The van der Waals surface area contributed by atoms with Crippen molar-refractivity contribution in [3.8, 4) is 11.5 Å². The highest BCUT2D eigenvalue weighted by Gasteiger charge is 2.26. The predicted molar refractivity (Wildman–Crippen MR) is 103 cm³/mol. The molecule has 2 aromatic carbocycles. The summed E-state index contributed by atoms with van der Waals surface area (Å²) in [6.07, 6.45) is -1.62. The van der Waals surface area contributed by atoms with Gasteiger partial charge in [0.1, 0.15) is 6.10 Å². The highest BCUT2D eigenvalue weighted by atomic mass is 16.6. The first-order chi connectivity index (χ1) is 13.4. The molecule has 1 fully saturated rings. The molecule has 1 aliphatic rings. The zero-order chi connectivity index (χ0) is 20.1. The number of hydrogen-bond acceptors (Lipinski definition) is 6. The number of phenols is 2. The molecule has 2 amide bonds. The van der Waals surface area contributed by atoms with Crippen molar-refractivity contribution in [2.45, 2.75) is 12.5 Å². The number of piperazine rings is 1. The van der Waals surface area contributed by atoms with Crippen LogP contribution in [0.15, 0.2) is 48.5 Å². The van der Waals surface area contributed by atoms with Crippen LogP contribution < -0.4 is 10.6 Å². The summed E-state index contributed by atoms with van der Waals surface area (Å²) >= 11 is 0. The highest BCUT2D eigenvalue weighted by molar-refractivity contribution is 5.78. The highest BCUT2D eigenvalue weighted by Crippen LogP contribution is 2.30. The Bertz CT molecular complexity index is 835. The molecule has 0 aromatic heterocycles. The van der Waals surface area contributed by atoms with Gasteiger partial charge >= 0.3 is 6.09 Å². The SMILES string of the molecule is NC(=O)OC(CC(=O)N1CCN(c2ccc(O)c(O)c2)CC1)c1ccccc1. The molecule has 1 unspecified atom stereocenters. The summed E-state index contributed by atoms with van der Waals surface area (Å²) in [4.78, 5) is 27.7. The Kier molecular flexibility index (Phi) is 5.88. The Hall–Kier alpha value is -3.42. The molecular weight excluding hydrogens is 362 g/mol. The van der Waals surface area contributed by atoms with Crippen LogP contribution in [0.2, 0.25) is 0 Å². The zero-order valence-electron chi connectivity index (χ0n) is 15.3. The molecule has 0 radical (unpaired) electrons. The van der Waals surface area contributed by atoms with Crippen molar-refractivity contribution in [3.05, 3.63) is 54.1 Å². The molecule has 1 atom stereocenters. The van der Waals surface area contributed by atoms with Crippen LogP contribution in [-0.4, -0.2) is 53.3 Å². The fraction of sp³-hybridized carbons (Fsp3) is 0.300. The number of phenolic OH excluding ortho intramolecular Hbond substituents is 2. The molecule has 8 nitrogen and oxygen atoms in total. The average Bonchev–Trinajstić information content (AvgIpc) is 2.70. The molecule has 148 valence electrons. The van der Waals surface area contributed by atoms with Crippen molar-refractivity contribution in [1.29, 1.82) is 0 Å². The van der Waals surface area contributed by atoms with Crippen LogP contribution in [-0.2, 0) is 9.53 Å². The Morgan fingerprint density at radius 3 is 2.29 bits per heavy atom. The van der Waals surface area contributed by atoms with Gasteiger partial charge in [-0.25, -0.2) is 4.79 Å². The number of rotatable bonds is 5. The molecule has 3 rings (SSSR count). The largest absolute Gasteiger partial charge is 0.504 e. The third kappa shape index (κ3) is 4.64. The number of hydrogen-bond donors (Lipinski definition) is 3. The minimum absolute atomic E-state index is 0.0208. The van der Waals surface area contributed by atoms with Crippen LogP contribution in [0.1, 0.15) is 18.1 Å². The quantitative estimate of drug-likeness (QED) is 0.678. The summed E-state index contributed by atoms with van der Waals surface area (Å²) in [7, 11) is 0. The lowest BCUT2D eigenvalue weighted by Crippen LogP contribution is -2.49. The van der Waals surface area contributed by atoms with Gasteiger partial charge in [0.2, 0.25) is 5.91 Å². The Morgan fingerprint density at radius 1 is 1.00 bits per heavy atom. The van der Waals surface area contributed by atoms with E-state index in [-0.39, 0.29) is 23.8 Å². The molecule has 1 heterocycles. The minimum Gasteiger partial charge on any atom is -0.504 e. The third-order valence-electron chi connectivity index (χ3n) is 4.75. The fourth-order valence-electron chi connectivity index (χ4n) is 3.25. The lowest BCUT2D eigenvalue weighted by Gasteiger charge is -2.36. The van der Waals surface area contributed by atoms with E-state index in [4.69, 9.17) is 10.5 Å². The number of carbonyl (C=O) groups excluding carboxylic acids is 2. The average molecular weight is 385 g/mol. The standard InChI is InChI=1S/C20H23N3O5/c21-20(27)28-18(14-4-2-1-3-5-14)13-19(26)23-10-8-22(9-11-23)15-6-7-16(24)17(25)12-15/h1-7,12,18,24-25H,8-11,13H2,(H2,21,27). The second-order valence-electron chi connectivity index (χ2n) is 6.58. The predicted octanol–water partition coefficient (Wildman–Crippen LogP) is 1.97. The number of carbonyl (C=O) groups is 2. The van der Waals surface area contributed by atoms with Crippen molar-refractivity contribution in [3.63, 3.8) is 0 Å². The number of nitrogens with zero attached hydrogens (tertiary/aromatic N) is 2. The molecule has 28 heavy (non-hydrogen) atoms. The van der Waals surface area contributed by atoms with Gasteiger partial charge in [0, 0.05) is 37.9 Å². The molecule has 2 aromatic rings. The van der Waals surface area contributed by atoms with E-state index in [0.717, 1.165) is 5.69 Å². The summed E-state index contributed by atoms with van der Waals surface area (Å²) in [6.45, 7) is 2.17. The second-order valence-corrected chi connectivity index (χ2v) is 6.58. The van der Waals surface area contributed by atoms with Gasteiger partial charge in [-0.15, -0.1) is 0 Å². The number of nitrogens with two attached hydrogens (primary N) is 1. The van der Waals surface area contributed by atoms with E-state index in [1.54, 1.807) is 23.1 Å². The zero-order valence-corrected chi connectivity index (χ0v) is 15.3. The molecule has 1 aliphatic heterocycles.